The minimum absolute atomic E-state index is 0.113. The summed E-state index contributed by atoms with van der Waals surface area (Å²) in [5.41, 5.74) is 0.354. The van der Waals surface area contributed by atoms with E-state index in [-0.39, 0.29) is 12.2 Å². The second-order valence-electron chi connectivity index (χ2n) is 4.20. The molecule has 0 unspecified atom stereocenters. The van der Waals surface area contributed by atoms with Crippen molar-refractivity contribution >= 4 is 17.3 Å². The molecule has 0 radical (unpaired) electrons. The number of aliphatic carboxylic acids is 1. The van der Waals surface area contributed by atoms with Crippen LogP contribution in [0.4, 0.5) is 11.4 Å². The fraction of sp³-hybridized carbons (Fsp3) is 0.462. The van der Waals surface area contributed by atoms with Crippen LogP contribution in [0.3, 0.4) is 0 Å². The van der Waals surface area contributed by atoms with E-state index in [0.717, 1.165) is 6.42 Å². The van der Waals surface area contributed by atoms with E-state index in [1.54, 1.807) is 13.0 Å². The Hall–Kier alpha value is -2.31. The van der Waals surface area contributed by atoms with Crippen molar-refractivity contribution < 1.29 is 19.6 Å². The molecule has 1 aromatic carbocycles. The van der Waals surface area contributed by atoms with Crippen molar-refractivity contribution in [2.24, 2.45) is 0 Å². The molecule has 1 N–H and O–H groups in total. The molecule has 0 aliphatic rings. The van der Waals surface area contributed by atoms with Crippen LogP contribution in [0.25, 0.3) is 0 Å². The quantitative estimate of drug-likeness (QED) is 0.581. The molecule has 110 valence electrons. The van der Waals surface area contributed by atoms with Gasteiger partial charge in [-0.2, -0.15) is 0 Å². The number of ether oxygens (including phenoxy) is 1. The summed E-state index contributed by atoms with van der Waals surface area (Å²) in [6.07, 6.45) is 0.782. The fourth-order valence-electron chi connectivity index (χ4n) is 1.71. The summed E-state index contributed by atoms with van der Waals surface area (Å²) in [5.74, 6) is -0.616. The summed E-state index contributed by atoms with van der Waals surface area (Å²) >= 11 is 0. The van der Waals surface area contributed by atoms with Crippen LogP contribution >= 0.6 is 0 Å². The van der Waals surface area contributed by atoms with Gasteiger partial charge >= 0.3 is 5.97 Å². The van der Waals surface area contributed by atoms with Gasteiger partial charge in [-0.05, 0) is 13.3 Å². The highest BCUT2D eigenvalue weighted by Gasteiger charge is 2.16. The lowest BCUT2D eigenvalue weighted by atomic mass is 10.2. The summed E-state index contributed by atoms with van der Waals surface area (Å²) < 4.78 is 5.41. The summed E-state index contributed by atoms with van der Waals surface area (Å²) in [7, 11) is 0. The van der Waals surface area contributed by atoms with Gasteiger partial charge in [-0.15, -0.1) is 0 Å². The molecule has 0 aliphatic heterocycles. The van der Waals surface area contributed by atoms with Crippen molar-refractivity contribution in [2.75, 3.05) is 24.6 Å². The Morgan fingerprint density at radius 1 is 1.40 bits per heavy atom. The van der Waals surface area contributed by atoms with Gasteiger partial charge in [0.15, 0.2) is 0 Å². The molecule has 0 spiro atoms. The maximum Gasteiger partial charge on any atom is 0.323 e. The van der Waals surface area contributed by atoms with Crippen LogP contribution < -0.4 is 9.64 Å². The predicted molar refractivity (Wildman–Crippen MR) is 74.4 cm³/mol. The highest BCUT2D eigenvalue weighted by atomic mass is 16.6. The molecule has 0 heterocycles. The minimum atomic E-state index is -0.991. The first-order chi connectivity index (χ1) is 9.47. The zero-order chi connectivity index (χ0) is 15.1. The Morgan fingerprint density at radius 3 is 2.60 bits per heavy atom. The Kier molecular flexibility index (Phi) is 5.76. The molecular formula is C13H18N2O5. The maximum absolute atomic E-state index is 10.9. The number of hydrogen-bond acceptors (Lipinski definition) is 5. The van der Waals surface area contributed by atoms with Crippen LogP contribution in [0, 0.1) is 10.1 Å². The molecule has 20 heavy (non-hydrogen) atoms. The van der Waals surface area contributed by atoms with Crippen LogP contribution in [0.1, 0.15) is 20.3 Å². The lowest BCUT2D eigenvalue weighted by molar-refractivity contribution is -0.384. The number of rotatable bonds is 8. The van der Waals surface area contributed by atoms with E-state index in [0.29, 0.717) is 24.6 Å². The van der Waals surface area contributed by atoms with E-state index in [1.165, 1.54) is 17.0 Å². The average molecular weight is 282 g/mol. The van der Waals surface area contributed by atoms with E-state index in [9.17, 15) is 14.9 Å². The van der Waals surface area contributed by atoms with E-state index in [1.807, 2.05) is 6.92 Å². The number of nitro groups is 1. The van der Waals surface area contributed by atoms with Crippen molar-refractivity contribution in [1.82, 2.24) is 0 Å². The van der Waals surface area contributed by atoms with Gasteiger partial charge in [-0.1, -0.05) is 6.92 Å². The van der Waals surface area contributed by atoms with Gasteiger partial charge < -0.3 is 14.7 Å². The molecule has 1 rings (SSSR count). The number of nitro benzene ring substituents is 1. The third kappa shape index (κ3) is 4.42. The zero-order valence-electron chi connectivity index (χ0n) is 11.5. The van der Waals surface area contributed by atoms with Crippen molar-refractivity contribution in [3.63, 3.8) is 0 Å². The van der Waals surface area contributed by atoms with Crippen LogP contribution in [0.5, 0.6) is 5.75 Å². The number of likely N-dealkylation sites (N-methyl/N-ethyl adjacent to an activating group) is 1. The Bertz CT molecular complexity index is 490. The number of carboxylic acids is 1. The molecule has 0 bridgehead atoms. The molecule has 0 fully saturated rings. The molecule has 1 aromatic rings. The van der Waals surface area contributed by atoms with Gasteiger partial charge in [0, 0.05) is 24.4 Å². The van der Waals surface area contributed by atoms with Crippen molar-refractivity contribution in [2.45, 2.75) is 20.3 Å². The van der Waals surface area contributed by atoms with Crippen LogP contribution in [0.15, 0.2) is 18.2 Å². The van der Waals surface area contributed by atoms with Gasteiger partial charge in [0.2, 0.25) is 0 Å². The molecule has 0 aliphatic carbocycles. The van der Waals surface area contributed by atoms with Gasteiger partial charge in [0.1, 0.15) is 12.3 Å². The summed E-state index contributed by atoms with van der Waals surface area (Å²) in [4.78, 5) is 22.8. The molecule has 0 amide bonds. The van der Waals surface area contributed by atoms with E-state index >= 15 is 0 Å². The predicted octanol–water partition coefficient (Wildman–Crippen LogP) is 2.29. The SMILES string of the molecule is CCCOc1cc(N(CC)CC(=O)O)cc([N+](=O)[O-])c1. The first-order valence-electron chi connectivity index (χ1n) is 6.37. The highest BCUT2D eigenvalue weighted by Crippen LogP contribution is 2.28. The van der Waals surface area contributed by atoms with Crippen LogP contribution in [-0.4, -0.2) is 35.7 Å². The number of hydrogen-bond donors (Lipinski definition) is 1. The summed E-state index contributed by atoms with van der Waals surface area (Å²) in [6, 6.07) is 4.31. The minimum Gasteiger partial charge on any atom is -0.493 e. The monoisotopic (exact) mass is 282 g/mol. The number of carbonyl (C=O) groups is 1. The molecule has 7 nitrogen and oxygen atoms in total. The molecule has 0 aromatic heterocycles. The number of nitrogens with zero attached hydrogens (tertiary/aromatic N) is 2. The van der Waals surface area contributed by atoms with E-state index < -0.39 is 10.9 Å². The first-order valence-corrected chi connectivity index (χ1v) is 6.37. The first kappa shape index (κ1) is 15.7. The molecule has 0 saturated heterocycles. The largest absolute Gasteiger partial charge is 0.493 e. The number of carboxylic acid groups (broad SMARTS) is 1. The zero-order valence-corrected chi connectivity index (χ0v) is 11.5. The second-order valence-corrected chi connectivity index (χ2v) is 4.20. The van der Waals surface area contributed by atoms with Gasteiger partial charge in [-0.3, -0.25) is 14.9 Å². The van der Waals surface area contributed by atoms with Crippen molar-refractivity contribution in [3.8, 4) is 5.75 Å². The second kappa shape index (κ2) is 7.32. The number of non-ortho nitro benzene ring substituents is 1. The smallest absolute Gasteiger partial charge is 0.323 e. The third-order valence-electron chi connectivity index (χ3n) is 2.63. The van der Waals surface area contributed by atoms with Crippen LogP contribution in [-0.2, 0) is 4.79 Å². The van der Waals surface area contributed by atoms with Crippen molar-refractivity contribution in [1.29, 1.82) is 0 Å². The number of anilines is 1. The van der Waals surface area contributed by atoms with E-state index in [2.05, 4.69) is 0 Å². The standard InChI is InChI=1S/C13H18N2O5/c1-3-5-20-12-7-10(6-11(8-12)15(18)19)14(4-2)9-13(16)17/h6-8H,3-5,9H2,1-2H3,(H,16,17). The summed E-state index contributed by atoms with van der Waals surface area (Å²) in [5, 5.41) is 19.8. The molecular weight excluding hydrogens is 264 g/mol. The maximum atomic E-state index is 10.9. The van der Waals surface area contributed by atoms with E-state index in [4.69, 9.17) is 9.84 Å². The van der Waals surface area contributed by atoms with Crippen LogP contribution in [0.2, 0.25) is 0 Å². The normalized spacial score (nSPS) is 10.1. The fourth-order valence-corrected chi connectivity index (χ4v) is 1.71. The summed E-state index contributed by atoms with van der Waals surface area (Å²) in [6.45, 7) is 4.38. The molecule has 0 atom stereocenters. The Morgan fingerprint density at radius 2 is 2.10 bits per heavy atom. The lowest BCUT2D eigenvalue weighted by Crippen LogP contribution is -2.29. The Labute approximate surface area is 116 Å². The van der Waals surface area contributed by atoms with Crippen molar-refractivity contribution in [3.05, 3.63) is 28.3 Å². The number of benzene rings is 1. The van der Waals surface area contributed by atoms with Gasteiger partial charge in [0.05, 0.1) is 17.6 Å². The lowest BCUT2D eigenvalue weighted by Gasteiger charge is -2.21. The van der Waals surface area contributed by atoms with Gasteiger partial charge in [-0.25, -0.2) is 0 Å². The Balaban J connectivity index is 3.12. The van der Waals surface area contributed by atoms with Gasteiger partial charge in [0.25, 0.3) is 5.69 Å². The molecule has 7 heteroatoms. The molecule has 0 saturated carbocycles. The third-order valence-corrected chi connectivity index (χ3v) is 2.63. The highest BCUT2D eigenvalue weighted by molar-refractivity contribution is 5.74. The topological polar surface area (TPSA) is 92.9 Å². The average Bonchev–Trinajstić information content (AvgIpc) is 2.41.